The minimum absolute atomic E-state index is 0.260. The van der Waals surface area contributed by atoms with Crippen LogP contribution in [0.3, 0.4) is 0 Å². The SMILES string of the molecule is CCC(CCN(C)CC)Oc1ccc(C[C@@H](C)NCc2c(Cl)cccc2Cl)cc1. The molecule has 160 valence electrons. The highest BCUT2D eigenvalue weighted by atomic mass is 35.5. The first kappa shape index (κ1) is 24.0. The Kier molecular flexibility index (Phi) is 10.3. The maximum atomic E-state index is 6.25. The summed E-state index contributed by atoms with van der Waals surface area (Å²) >= 11 is 12.5. The van der Waals surface area contributed by atoms with Crippen molar-refractivity contribution in [3.8, 4) is 5.75 Å². The van der Waals surface area contributed by atoms with Crippen molar-refractivity contribution in [1.29, 1.82) is 0 Å². The van der Waals surface area contributed by atoms with Gasteiger partial charge in [0.2, 0.25) is 0 Å². The molecule has 0 aromatic heterocycles. The molecule has 29 heavy (non-hydrogen) atoms. The van der Waals surface area contributed by atoms with Gasteiger partial charge in [0.15, 0.2) is 0 Å². The van der Waals surface area contributed by atoms with E-state index in [2.05, 4.69) is 62.3 Å². The van der Waals surface area contributed by atoms with Crippen LogP contribution in [0.2, 0.25) is 10.0 Å². The Morgan fingerprint density at radius 2 is 1.69 bits per heavy atom. The Morgan fingerprint density at radius 3 is 2.28 bits per heavy atom. The maximum Gasteiger partial charge on any atom is 0.119 e. The molecule has 2 atom stereocenters. The second-order valence-electron chi connectivity index (χ2n) is 7.66. The Balaban J connectivity index is 1.83. The first-order valence-electron chi connectivity index (χ1n) is 10.5. The zero-order chi connectivity index (χ0) is 21.2. The minimum Gasteiger partial charge on any atom is -0.490 e. The number of ether oxygens (including phenoxy) is 1. The highest BCUT2D eigenvalue weighted by Crippen LogP contribution is 2.24. The van der Waals surface area contributed by atoms with Gasteiger partial charge in [0.25, 0.3) is 0 Å². The molecule has 0 heterocycles. The number of hydrogen-bond donors (Lipinski definition) is 1. The Labute approximate surface area is 186 Å². The molecule has 0 bridgehead atoms. The summed E-state index contributed by atoms with van der Waals surface area (Å²) < 4.78 is 6.18. The summed E-state index contributed by atoms with van der Waals surface area (Å²) in [6.45, 7) is 9.33. The van der Waals surface area contributed by atoms with Crippen molar-refractivity contribution in [3.63, 3.8) is 0 Å². The lowest BCUT2D eigenvalue weighted by Crippen LogP contribution is -2.27. The summed E-state index contributed by atoms with van der Waals surface area (Å²) in [5, 5.41) is 4.92. The van der Waals surface area contributed by atoms with Crippen molar-refractivity contribution in [2.24, 2.45) is 0 Å². The van der Waals surface area contributed by atoms with Crippen molar-refractivity contribution >= 4 is 23.2 Å². The van der Waals surface area contributed by atoms with Crippen LogP contribution < -0.4 is 10.1 Å². The van der Waals surface area contributed by atoms with Gasteiger partial charge < -0.3 is 15.0 Å². The lowest BCUT2D eigenvalue weighted by atomic mass is 10.1. The van der Waals surface area contributed by atoms with Crippen molar-refractivity contribution in [2.45, 2.75) is 58.7 Å². The smallest absolute Gasteiger partial charge is 0.119 e. The lowest BCUT2D eigenvalue weighted by molar-refractivity contribution is 0.168. The third-order valence-corrected chi connectivity index (χ3v) is 5.99. The van der Waals surface area contributed by atoms with Crippen LogP contribution in [0.15, 0.2) is 42.5 Å². The zero-order valence-corrected chi connectivity index (χ0v) is 19.6. The molecule has 0 aliphatic carbocycles. The van der Waals surface area contributed by atoms with Crippen LogP contribution >= 0.6 is 23.2 Å². The van der Waals surface area contributed by atoms with Crippen LogP contribution in [0.25, 0.3) is 0 Å². The van der Waals surface area contributed by atoms with Gasteiger partial charge in [0.1, 0.15) is 5.75 Å². The van der Waals surface area contributed by atoms with E-state index in [0.717, 1.165) is 43.7 Å². The molecular formula is C24H34Cl2N2O. The highest BCUT2D eigenvalue weighted by molar-refractivity contribution is 6.35. The molecule has 1 N–H and O–H groups in total. The highest BCUT2D eigenvalue weighted by Gasteiger charge is 2.11. The second kappa shape index (κ2) is 12.4. The van der Waals surface area contributed by atoms with Crippen molar-refractivity contribution in [1.82, 2.24) is 10.2 Å². The standard InChI is InChI=1S/C24H34Cl2N2O/c1-5-20(14-15-28(4)6-2)29-21-12-10-19(11-13-21)16-18(3)27-17-22-23(25)8-7-9-24(22)26/h7-13,18,20,27H,5-6,14-17H2,1-4H3/t18-,20?/m1/s1. The number of halogens is 2. The van der Waals surface area contributed by atoms with Crippen molar-refractivity contribution in [3.05, 3.63) is 63.6 Å². The normalized spacial score (nSPS) is 13.5. The van der Waals surface area contributed by atoms with Gasteiger partial charge in [0, 0.05) is 34.7 Å². The van der Waals surface area contributed by atoms with Crippen LogP contribution in [-0.4, -0.2) is 37.2 Å². The molecule has 0 fully saturated rings. The van der Waals surface area contributed by atoms with Crippen LogP contribution in [0.5, 0.6) is 5.75 Å². The molecule has 2 aromatic carbocycles. The summed E-state index contributed by atoms with van der Waals surface area (Å²) in [5.74, 6) is 0.947. The number of benzene rings is 2. The Bertz CT molecular complexity index is 716. The first-order chi connectivity index (χ1) is 13.9. The summed E-state index contributed by atoms with van der Waals surface area (Å²) in [6, 6.07) is 14.4. The summed E-state index contributed by atoms with van der Waals surface area (Å²) in [6.07, 6.45) is 3.26. The molecule has 0 saturated carbocycles. The van der Waals surface area contributed by atoms with E-state index in [1.165, 1.54) is 5.56 Å². The number of rotatable bonds is 12. The average Bonchev–Trinajstić information content (AvgIpc) is 2.71. The topological polar surface area (TPSA) is 24.5 Å². The summed E-state index contributed by atoms with van der Waals surface area (Å²) in [5.41, 5.74) is 2.23. The summed E-state index contributed by atoms with van der Waals surface area (Å²) in [4.78, 5) is 2.32. The van der Waals surface area contributed by atoms with Gasteiger partial charge in [-0.05, 0) is 69.6 Å². The van der Waals surface area contributed by atoms with E-state index in [-0.39, 0.29) is 6.10 Å². The molecule has 3 nitrogen and oxygen atoms in total. The minimum atomic E-state index is 0.260. The fourth-order valence-corrected chi connectivity index (χ4v) is 3.70. The summed E-state index contributed by atoms with van der Waals surface area (Å²) in [7, 11) is 2.15. The van der Waals surface area contributed by atoms with E-state index in [9.17, 15) is 0 Å². The van der Waals surface area contributed by atoms with Gasteiger partial charge in [-0.1, -0.05) is 55.2 Å². The molecule has 0 amide bonds. The van der Waals surface area contributed by atoms with Crippen molar-refractivity contribution in [2.75, 3.05) is 20.1 Å². The van der Waals surface area contributed by atoms with E-state index < -0.39 is 0 Å². The van der Waals surface area contributed by atoms with E-state index in [4.69, 9.17) is 27.9 Å². The van der Waals surface area contributed by atoms with Gasteiger partial charge in [-0.3, -0.25) is 0 Å². The quantitative estimate of drug-likeness (QED) is 0.427. The second-order valence-corrected chi connectivity index (χ2v) is 8.48. The molecule has 0 radical (unpaired) electrons. The van der Waals surface area contributed by atoms with Gasteiger partial charge in [-0.25, -0.2) is 0 Å². The fourth-order valence-electron chi connectivity index (χ4n) is 3.17. The third kappa shape index (κ3) is 8.18. The zero-order valence-electron chi connectivity index (χ0n) is 18.1. The molecule has 2 aromatic rings. The molecule has 0 saturated heterocycles. The van der Waals surface area contributed by atoms with Crippen molar-refractivity contribution < 1.29 is 4.74 Å². The number of hydrogen-bond acceptors (Lipinski definition) is 3. The Hall–Kier alpha value is -1.26. The molecule has 0 aliphatic heterocycles. The predicted octanol–water partition coefficient (Wildman–Crippen LogP) is 6.21. The molecular weight excluding hydrogens is 403 g/mol. The van der Waals surface area contributed by atoms with E-state index in [1.54, 1.807) is 0 Å². The van der Waals surface area contributed by atoms with E-state index in [1.807, 2.05) is 18.2 Å². The van der Waals surface area contributed by atoms with Gasteiger partial charge in [0.05, 0.1) is 6.10 Å². The number of nitrogens with one attached hydrogen (secondary N) is 1. The fraction of sp³-hybridized carbons (Fsp3) is 0.500. The van der Waals surface area contributed by atoms with E-state index >= 15 is 0 Å². The molecule has 1 unspecified atom stereocenters. The molecule has 5 heteroatoms. The third-order valence-electron chi connectivity index (χ3n) is 5.28. The van der Waals surface area contributed by atoms with Crippen LogP contribution in [0.4, 0.5) is 0 Å². The van der Waals surface area contributed by atoms with Crippen LogP contribution in [0, 0.1) is 0 Å². The maximum absolute atomic E-state index is 6.25. The van der Waals surface area contributed by atoms with Gasteiger partial charge in [-0.2, -0.15) is 0 Å². The van der Waals surface area contributed by atoms with E-state index in [0.29, 0.717) is 22.6 Å². The van der Waals surface area contributed by atoms with Crippen LogP contribution in [0.1, 0.15) is 44.7 Å². The van der Waals surface area contributed by atoms with Gasteiger partial charge in [-0.15, -0.1) is 0 Å². The Morgan fingerprint density at radius 1 is 1.03 bits per heavy atom. The number of nitrogens with zero attached hydrogens (tertiary/aromatic N) is 1. The molecule has 0 aliphatic rings. The molecule has 2 rings (SSSR count). The van der Waals surface area contributed by atoms with Gasteiger partial charge >= 0.3 is 0 Å². The molecule has 0 spiro atoms. The first-order valence-corrected chi connectivity index (χ1v) is 11.3. The lowest BCUT2D eigenvalue weighted by Gasteiger charge is -2.21. The average molecular weight is 437 g/mol. The largest absolute Gasteiger partial charge is 0.490 e. The monoisotopic (exact) mass is 436 g/mol. The van der Waals surface area contributed by atoms with Crippen LogP contribution in [-0.2, 0) is 13.0 Å². The predicted molar refractivity (Wildman–Crippen MR) is 125 cm³/mol.